The maximum atomic E-state index is 13.1. The first-order valence-electron chi connectivity index (χ1n) is 11.7. The van der Waals surface area contributed by atoms with Gasteiger partial charge in [-0.05, 0) is 60.0 Å². The van der Waals surface area contributed by atoms with Gasteiger partial charge in [0.2, 0.25) is 0 Å². The number of aromatic nitrogens is 1. The molecule has 0 bridgehead atoms. The molecule has 2 amide bonds. The number of hydrogen-bond acceptors (Lipinski definition) is 4. The summed E-state index contributed by atoms with van der Waals surface area (Å²) in [6.45, 7) is 0.870. The van der Waals surface area contributed by atoms with E-state index in [0.717, 1.165) is 40.2 Å². The van der Waals surface area contributed by atoms with Crippen molar-refractivity contribution in [3.05, 3.63) is 112 Å². The predicted octanol–water partition coefficient (Wildman–Crippen LogP) is 6.06. The Bertz CT molecular complexity index is 1490. The van der Waals surface area contributed by atoms with Gasteiger partial charge in [0, 0.05) is 35.8 Å². The summed E-state index contributed by atoms with van der Waals surface area (Å²) >= 11 is 0.974. The van der Waals surface area contributed by atoms with Crippen LogP contribution in [0.1, 0.15) is 33.5 Å². The highest BCUT2D eigenvalue weighted by Crippen LogP contribution is 2.34. The lowest BCUT2D eigenvalue weighted by atomic mass is 10.1. The third-order valence-corrected chi connectivity index (χ3v) is 7.10. The first-order valence-corrected chi connectivity index (χ1v) is 12.5. The number of nitrogens with zero attached hydrogens (tertiary/aromatic N) is 2. The number of fused-ring (bicyclic) bond motifs is 1. The van der Waals surface area contributed by atoms with Gasteiger partial charge in [0.05, 0.1) is 10.5 Å². The number of benzene rings is 3. The second-order valence-electron chi connectivity index (χ2n) is 8.66. The minimum Gasteiger partial charge on any atom is -0.478 e. The number of aryl methyl sites for hydroxylation is 1. The molecule has 4 aromatic rings. The van der Waals surface area contributed by atoms with E-state index in [1.807, 2.05) is 71.4 Å². The van der Waals surface area contributed by atoms with Crippen LogP contribution < -0.4 is 0 Å². The predicted molar refractivity (Wildman–Crippen MR) is 142 cm³/mol. The summed E-state index contributed by atoms with van der Waals surface area (Å²) in [4.78, 5) is 38.7. The molecule has 1 saturated heterocycles. The van der Waals surface area contributed by atoms with E-state index in [2.05, 4.69) is 0 Å². The summed E-state index contributed by atoms with van der Waals surface area (Å²) in [7, 11) is 0. The van der Waals surface area contributed by atoms with E-state index in [4.69, 9.17) is 0 Å². The molecule has 7 heteroatoms. The number of para-hydroxylation sites is 1. The topological polar surface area (TPSA) is 79.6 Å². The minimum atomic E-state index is -0.964. The van der Waals surface area contributed by atoms with Crippen LogP contribution >= 0.6 is 11.8 Å². The highest BCUT2D eigenvalue weighted by Gasteiger charge is 2.34. The molecule has 5 rings (SSSR count). The van der Waals surface area contributed by atoms with Gasteiger partial charge in [0.25, 0.3) is 11.1 Å². The molecule has 1 aliphatic heterocycles. The van der Waals surface area contributed by atoms with Crippen LogP contribution in [0.25, 0.3) is 17.0 Å². The van der Waals surface area contributed by atoms with Gasteiger partial charge in [0.1, 0.15) is 0 Å². The van der Waals surface area contributed by atoms with Gasteiger partial charge in [0.15, 0.2) is 0 Å². The fourth-order valence-electron chi connectivity index (χ4n) is 4.44. The zero-order chi connectivity index (χ0) is 25.1. The first-order chi connectivity index (χ1) is 17.5. The molecule has 1 N–H and O–H groups in total. The smallest absolute Gasteiger partial charge is 0.335 e. The van der Waals surface area contributed by atoms with Crippen LogP contribution in [0.15, 0.2) is 90.0 Å². The van der Waals surface area contributed by atoms with Crippen LogP contribution in [-0.4, -0.2) is 38.2 Å². The minimum absolute atomic E-state index is 0.241. The van der Waals surface area contributed by atoms with E-state index >= 15 is 0 Å². The number of imide groups is 1. The molecule has 180 valence electrons. The number of hydrogen-bond donors (Lipinski definition) is 1. The second kappa shape index (κ2) is 10.3. The number of carbonyl (C=O) groups is 3. The number of amides is 2. The van der Waals surface area contributed by atoms with Gasteiger partial charge in [-0.15, -0.1) is 0 Å². The van der Waals surface area contributed by atoms with Crippen LogP contribution in [-0.2, 0) is 17.8 Å². The van der Waals surface area contributed by atoms with Gasteiger partial charge >= 0.3 is 5.97 Å². The molecule has 0 radical (unpaired) electrons. The lowest BCUT2D eigenvalue weighted by Crippen LogP contribution is -2.29. The molecule has 3 aromatic carbocycles. The van der Waals surface area contributed by atoms with Crippen molar-refractivity contribution >= 4 is 45.9 Å². The molecule has 0 spiro atoms. The maximum Gasteiger partial charge on any atom is 0.335 e. The molecule has 2 heterocycles. The Kier molecular flexibility index (Phi) is 6.73. The molecule has 0 saturated carbocycles. The molecular formula is C29H24N2O4S. The first kappa shape index (κ1) is 23.6. The SMILES string of the molecule is O=C(O)c1cccc(Cn2cc(/C=C3/SC(=O)N(CCCc4ccccc4)C3=O)c3ccccc32)c1. The van der Waals surface area contributed by atoms with Gasteiger partial charge in [-0.3, -0.25) is 14.5 Å². The van der Waals surface area contributed by atoms with Crippen LogP contribution in [0.4, 0.5) is 4.79 Å². The Morgan fingerprint density at radius 2 is 1.67 bits per heavy atom. The van der Waals surface area contributed by atoms with E-state index in [0.29, 0.717) is 24.4 Å². The second-order valence-corrected chi connectivity index (χ2v) is 9.65. The Hall–Kier alpha value is -4.10. The van der Waals surface area contributed by atoms with Crippen LogP contribution in [0.3, 0.4) is 0 Å². The summed E-state index contributed by atoms with van der Waals surface area (Å²) < 4.78 is 2.03. The lowest BCUT2D eigenvalue weighted by molar-refractivity contribution is -0.122. The highest BCUT2D eigenvalue weighted by molar-refractivity contribution is 8.18. The molecule has 1 fully saturated rings. The third kappa shape index (κ3) is 4.97. The lowest BCUT2D eigenvalue weighted by Gasteiger charge is -2.12. The quantitative estimate of drug-likeness (QED) is 0.300. The number of carboxylic acid groups (broad SMARTS) is 1. The maximum absolute atomic E-state index is 13.1. The van der Waals surface area contributed by atoms with Crippen LogP contribution in [0.2, 0.25) is 0 Å². The van der Waals surface area contributed by atoms with Crippen molar-refractivity contribution in [2.45, 2.75) is 19.4 Å². The third-order valence-electron chi connectivity index (χ3n) is 6.20. The molecule has 0 atom stereocenters. The Morgan fingerprint density at radius 1 is 0.917 bits per heavy atom. The molecule has 6 nitrogen and oxygen atoms in total. The summed E-state index contributed by atoms with van der Waals surface area (Å²) in [6, 6.07) is 24.7. The average molecular weight is 497 g/mol. The molecule has 0 unspecified atom stereocenters. The standard InChI is InChI=1S/C29H24N2O4S/c32-27-26(36-29(35)31(27)15-7-11-20-8-2-1-3-9-20)17-23-19-30(25-14-5-4-13-24(23)25)18-21-10-6-12-22(16-21)28(33)34/h1-6,8-10,12-14,16-17,19H,7,11,15,18H2,(H,33,34)/b26-17+. The van der Waals surface area contributed by atoms with Crippen molar-refractivity contribution < 1.29 is 19.5 Å². The van der Waals surface area contributed by atoms with Crippen molar-refractivity contribution in [1.29, 1.82) is 0 Å². The summed E-state index contributed by atoms with van der Waals surface area (Å²) in [5.74, 6) is -1.22. The van der Waals surface area contributed by atoms with Gasteiger partial charge < -0.3 is 9.67 Å². The number of rotatable bonds is 8. The summed E-state index contributed by atoms with van der Waals surface area (Å²) in [6.07, 6.45) is 5.25. The molecule has 0 aliphatic carbocycles. The highest BCUT2D eigenvalue weighted by atomic mass is 32.2. The average Bonchev–Trinajstić information content (AvgIpc) is 3.36. The van der Waals surface area contributed by atoms with E-state index in [9.17, 15) is 19.5 Å². The normalized spacial score (nSPS) is 14.8. The van der Waals surface area contributed by atoms with Crippen molar-refractivity contribution in [3.63, 3.8) is 0 Å². The largest absolute Gasteiger partial charge is 0.478 e. The van der Waals surface area contributed by atoms with Crippen molar-refractivity contribution in [3.8, 4) is 0 Å². The molecular weight excluding hydrogens is 472 g/mol. The van der Waals surface area contributed by atoms with Crippen molar-refractivity contribution in [2.75, 3.05) is 6.54 Å². The van der Waals surface area contributed by atoms with Gasteiger partial charge in [-0.1, -0.05) is 60.7 Å². The zero-order valence-electron chi connectivity index (χ0n) is 19.5. The van der Waals surface area contributed by atoms with E-state index in [-0.39, 0.29) is 16.7 Å². The molecule has 1 aromatic heterocycles. The fraction of sp³-hybridized carbons (Fsp3) is 0.138. The number of aromatic carboxylic acids is 1. The van der Waals surface area contributed by atoms with Gasteiger partial charge in [-0.25, -0.2) is 4.79 Å². The summed E-state index contributed by atoms with van der Waals surface area (Å²) in [5, 5.41) is 10.0. The van der Waals surface area contributed by atoms with E-state index in [1.54, 1.807) is 24.3 Å². The monoisotopic (exact) mass is 496 g/mol. The number of carbonyl (C=O) groups excluding carboxylic acids is 2. The van der Waals surface area contributed by atoms with Crippen LogP contribution in [0.5, 0.6) is 0 Å². The molecule has 1 aliphatic rings. The van der Waals surface area contributed by atoms with Crippen LogP contribution in [0, 0.1) is 0 Å². The fourth-order valence-corrected chi connectivity index (χ4v) is 5.30. The van der Waals surface area contributed by atoms with E-state index in [1.165, 1.54) is 10.5 Å². The van der Waals surface area contributed by atoms with Crippen molar-refractivity contribution in [1.82, 2.24) is 9.47 Å². The number of carboxylic acids is 1. The number of thioether (sulfide) groups is 1. The summed E-state index contributed by atoms with van der Waals surface area (Å²) in [5.41, 5.74) is 4.09. The van der Waals surface area contributed by atoms with E-state index < -0.39 is 5.97 Å². The Balaban J connectivity index is 1.37. The molecule has 36 heavy (non-hydrogen) atoms. The zero-order valence-corrected chi connectivity index (χ0v) is 20.3. The Morgan fingerprint density at radius 3 is 2.47 bits per heavy atom. The Labute approximate surface area is 212 Å². The van der Waals surface area contributed by atoms with Gasteiger partial charge in [-0.2, -0.15) is 0 Å². The van der Waals surface area contributed by atoms with Crippen molar-refractivity contribution in [2.24, 2.45) is 0 Å².